The number of benzene rings is 2. The van der Waals surface area contributed by atoms with Gasteiger partial charge < -0.3 is 20.1 Å². The maximum atomic E-state index is 12.8. The summed E-state index contributed by atoms with van der Waals surface area (Å²) in [5, 5.41) is 6.11. The molecule has 2 aromatic carbocycles. The molecule has 0 radical (unpaired) electrons. The normalized spacial score (nSPS) is 22.1. The van der Waals surface area contributed by atoms with Gasteiger partial charge in [-0.25, -0.2) is 0 Å². The molecule has 6 nitrogen and oxygen atoms in total. The van der Waals surface area contributed by atoms with E-state index in [1.807, 2.05) is 36.4 Å². The van der Waals surface area contributed by atoms with E-state index in [2.05, 4.69) is 22.8 Å². The third-order valence-corrected chi connectivity index (χ3v) is 7.22. The van der Waals surface area contributed by atoms with Crippen molar-refractivity contribution in [2.24, 2.45) is 5.41 Å². The average Bonchev–Trinajstić information content (AvgIpc) is 3.54. The van der Waals surface area contributed by atoms with Gasteiger partial charge in [0.15, 0.2) is 0 Å². The number of amides is 2. The summed E-state index contributed by atoms with van der Waals surface area (Å²) in [5.74, 6) is 1.85. The number of fused-ring (bicyclic) bond motifs is 2. The van der Waals surface area contributed by atoms with Crippen molar-refractivity contribution in [3.8, 4) is 11.5 Å². The van der Waals surface area contributed by atoms with Gasteiger partial charge in [0.25, 0.3) is 0 Å². The molecule has 1 saturated carbocycles. The number of hydrogen-bond donors (Lipinski definition) is 2. The minimum absolute atomic E-state index is 0.0128. The molecule has 2 unspecified atom stereocenters. The van der Waals surface area contributed by atoms with Crippen LogP contribution in [0.1, 0.15) is 49.7 Å². The minimum atomic E-state index is -0.243. The van der Waals surface area contributed by atoms with Gasteiger partial charge in [0, 0.05) is 25.7 Å². The van der Waals surface area contributed by atoms with Crippen LogP contribution in [0.25, 0.3) is 0 Å². The molecule has 2 N–H and O–H groups in total. The van der Waals surface area contributed by atoms with Crippen LogP contribution in [-0.2, 0) is 22.4 Å². The fourth-order valence-corrected chi connectivity index (χ4v) is 5.54. The second kappa shape index (κ2) is 9.46. The number of rotatable bonds is 8. The highest BCUT2D eigenvalue weighted by atomic mass is 16.5. The molecule has 1 fully saturated rings. The van der Waals surface area contributed by atoms with Gasteiger partial charge in [0.2, 0.25) is 11.8 Å². The summed E-state index contributed by atoms with van der Waals surface area (Å²) in [4.78, 5) is 25.6. The van der Waals surface area contributed by atoms with Crippen LogP contribution >= 0.6 is 0 Å². The van der Waals surface area contributed by atoms with E-state index in [9.17, 15) is 9.59 Å². The summed E-state index contributed by atoms with van der Waals surface area (Å²) < 4.78 is 11.9. The first-order chi connectivity index (χ1) is 16.1. The predicted molar refractivity (Wildman–Crippen MR) is 125 cm³/mol. The highest BCUT2D eigenvalue weighted by molar-refractivity contribution is 5.80. The molecule has 33 heavy (non-hydrogen) atoms. The Morgan fingerprint density at radius 2 is 1.21 bits per heavy atom. The Hall–Kier alpha value is -3.02. The molecule has 0 aromatic heterocycles. The first kappa shape index (κ1) is 21.8. The van der Waals surface area contributed by atoms with Gasteiger partial charge in [0.05, 0.1) is 13.1 Å². The Morgan fingerprint density at radius 3 is 1.67 bits per heavy atom. The second-order valence-corrected chi connectivity index (χ2v) is 9.77. The third-order valence-electron chi connectivity index (χ3n) is 7.22. The summed E-state index contributed by atoms with van der Waals surface area (Å²) in [7, 11) is 0. The maximum Gasteiger partial charge on any atom is 0.220 e. The quantitative estimate of drug-likeness (QED) is 0.647. The molecular formula is C27H32N2O4. The molecule has 2 aromatic rings. The van der Waals surface area contributed by atoms with Crippen molar-refractivity contribution in [3.05, 3.63) is 59.7 Å². The van der Waals surface area contributed by atoms with Crippen LogP contribution in [0.4, 0.5) is 0 Å². The molecule has 2 heterocycles. The Kier molecular flexibility index (Phi) is 6.25. The van der Waals surface area contributed by atoms with E-state index in [-0.39, 0.29) is 29.4 Å². The lowest BCUT2D eigenvalue weighted by atomic mass is 9.79. The minimum Gasteiger partial charge on any atom is -0.488 e. The zero-order valence-electron chi connectivity index (χ0n) is 19.0. The zero-order chi connectivity index (χ0) is 22.7. The highest BCUT2D eigenvalue weighted by Gasteiger charge is 2.38. The van der Waals surface area contributed by atoms with Gasteiger partial charge in [-0.3, -0.25) is 9.59 Å². The van der Waals surface area contributed by atoms with Crippen LogP contribution < -0.4 is 20.1 Å². The van der Waals surface area contributed by atoms with Crippen molar-refractivity contribution in [2.45, 2.75) is 63.6 Å². The van der Waals surface area contributed by atoms with Crippen LogP contribution in [0.3, 0.4) is 0 Å². The molecular weight excluding hydrogens is 416 g/mol. The van der Waals surface area contributed by atoms with E-state index in [4.69, 9.17) is 9.47 Å². The van der Waals surface area contributed by atoms with E-state index in [0.29, 0.717) is 25.9 Å². The predicted octanol–water partition coefficient (Wildman–Crippen LogP) is 3.57. The molecule has 1 aliphatic carbocycles. The lowest BCUT2D eigenvalue weighted by Gasteiger charge is -2.28. The molecule has 2 aliphatic heterocycles. The first-order valence-electron chi connectivity index (χ1n) is 12.1. The van der Waals surface area contributed by atoms with Crippen LogP contribution in [0.15, 0.2) is 48.5 Å². The van der Waals surface area contributed by atoms with Crippen molar-refractivity contribution in [2.75, 3.05) is 13.1 Å². The number of hydrogen-bond acceptors (Lipinski definition) is 4. The second-order valence-electron chi connectivity index (χ2n) is 9.77. The molecule has 2 amide bonds. The average molecular weight is 449 g/mol. The van der Waals surface area contributed by atoms with E-state index >= 15 is 0 Å². The zero-order valence-corrected chi connectivity index (χ0v) is 19.0. The van der Waals surface area contributed by atoms with Crippen molar-refractivity contribution in [1.29, 1.82) is 0 Å². The van der Waals surface area contributed by atoms with Crippen molar-refractivity contribution < 1.29 is 19.1 Å². The molecule has 174 valence electrons. The van der Waals surface area contributed by atoms with Crippen molar-refractivity contribution in [1.82, 2.24) is 10.6 Å². The fraction of sp³-hybridized carbons (Fsp3) is 0.481. The van der Waals surface area contributed by atoms with E-state index in [0.717, 1.165) is 50.0 Å². The van der Waals surface area contributed by atoms with Crippen LogP contribution in [0, 0.1) is 5.41 Å². The number of para-hydroxylation sites is 2. The summed E-state index contributed by atoms with van der Waals surface area (Å²) in [6.45, 7) is 0.991. The summed E-state index contributed by atoms with van der Waals surface area (Å²) in [5.41, 5.74) is 2.14. The summed E-state index contributed by atoms with van der Waals surface area (Å²) in [6.07, 6.45) is 6.36. The van der Waals surface area contributed by atoms with Crippen molar-refractivity contribution in [3.63, 3.8) is 0 Å². The fourth-order valence-electron chi connectivity index (χ4n) is 5.54. The monoisotopic (exact) mass is 448 g/mol. The van der Waals surface area contributed by atoms with Crippen LogP contribution in [0.5, 0.6) is 11.5 Å². The van der Waals surface area contributed by atoms with Gasteiger partial charge in [-0.2, -0.15) is 0 Å². The number of carbonyl (C=O) groups excluding carboxylic acids is 2. The highest BCUT2D eigenvalue weighted by Crippen LogP contribution is 2.44. The van der Waals surface area contributed by atoms with Gasteiger partial charge >= 0.3 is 0 Å². The smallest absolute Gasteiger partial charge is 0.220 e. The first-order valence-corrected chi connectivity index (χ1v) is 12.1. The molecule has 6 heteroatoms. The van der Waals surface area contributed by atoms with Gasteiger partial charge in [-0.05, 0) is 41.5 Å². The molecule has 0 bridgehead atoms. The third kappa shape index (κ3) is 5.15. The van der Waals surface area contributed by atoms with Gasteiger partial charge in [-0.1, -0.05) is 49.2 Å². The number of nitrogens with one attached hydrogen (secondary N) is 2. The van der Waals surface area contributed by atoms with E-state index < -0.39 is 0 Å². The Morgan fingerprint density at radius 1 is 0.758 bits per heavy atom. The summed E-state index contributed by atoms with van der Waals surface area (Å²) >= 11 is 0. The Balaban J connectivity index is 1.08. The molecule has 3 aliphatic rings. The number of ether oxygens (including phenoxy) is 2. The SMILES string of the molecule is O=C(CC1(CC(=O)NCC2Cc3ccccc3O2)CCCC1)NCC1Cc2ccccc2O1. The molecule has 5 rings (SSSR count). The Labute approximate surface area is 195 Å². The van der Waals surface area contributed by atoms with Gasteiger partial charge in [-0.15, -0.1) is 0 Å². The molecule has 0 saturated heterocycles. The van der Waals surface area contributed by atoms with E-state index in [1.54, 1.807) is 0 Å². The lowest BCUT2D eigenvalue weighted by molar-refractivity contribution is -0.127. The van der Waals surface area contributed by atoms with Crippen molar-refractivity contribution >= 4 is 11.8 Å². The standard InChI is InChI=1S/C27H32N2O4/c30-25(28-17-21-13-19-7-1-3-9-23(19)32-21)15-27(11-5-6-12-27)16-26(31)29-18-22-14-20-8-2-4-10-24(20)33-22/h1-4,7-10,21-22H,5-6,11-18H2,(H,28,30)(H,29,31). The van der Waals surface area contributed by atoms with Crippen LogP contribution in [-0.4, -0.2) is 37.1 Å². The number of carbonyl (C=O) groups is 2. The Bertz CT molecular complexity index is 889. The largest absolute Gasteiger partial charge is 0.488 e. The summed E-state index contributed by atoms with van der Waals surface area (Å²) in [6, 6.07) is 16.0. The molecule has 0 spiro atoms. The van der Waals surface area contributed by atoms with Gasteiger partial charge in [0.1, 0.15) is 23.7 Å². The molecule has 2 atom stereocenters. The van der Waals surface area contributed by atoms with Crippen LogP contribution in [0.2, 0.25) is 0 Å². The maximum absolute atomic E-state index is 12.8. The topological polar surface area (TPSA) is 76.7 Å². The lowest BCUT2D eigenvalue weighted by Crippen LogP contribution is -2.40. The van der Waals surface area contributed by atoms with E-state index in [1.165, 1.54) is 11.1 Å².